The number of ether oxygens (including phenoxy) is 1. The summed E-state index contributed by atoms with van der Waals surface area (Å²) in [6, 6.07) is 1.29. The van der Waals surface area contributed by atoms with Crippen LogP contribution in [0.3, 0.4) is 0 Å². The Kier molecular flexibility index (Phi) is 4.74. The summed E-state index contributed by atoms with van der Waals surface area (Å²) >= 11 is 0. The Balaban J connectivity index is 2.27. The lowest BCUT2D eigenvalue weighted by Gasteiger charge is -2.24. The first kappa shape index (κ1) is 11.0. The maximum absolute atomic E-state index is 5.18. The summed E-state index contributed by atoms with van der Waals surface area (Å²) in [6.07, 6.45) is 5.29. The van der Waals surface area contributed by atoms with Gasteiger partial charge in [-0.15, -0.1) is 0 Å². The van der Waals surface area contributed by atoms with Crippen molar-refractivity contribution in [2.75, 3.05) is 13.7 Å². The Labute approximate surface area is 82.0 Å². The van der Waals surface area contributed by atoms with Gasteiger partial charge < -0.3 is 10.1 Å². The zero-order chi connectivity index (χ0) is 9.68. The third kappa shape index (κ3) is 3.28. The van der Waals surface area contributed by atoms with Crippen LogP contribution in [-0.2, 0) is 4.74 Å². The van der Waals surface area contributed by atoms with Gasteiger partial charge in [-0.3, -0.25) is 0 Å². The molecule has 0 spiro atoms. The van der Waals surface area contributed by atoms with Crippen molar-refractivity contribution in [2.24, 2.45) is 5.92 Å². The molecule has 1 saturated carbocycles. The largest absolute Gasteiger partial charge is 0.383 e. The minimum absolute atomic E-state index is 0.551. The zero-order valence-corrected chi connectivity index (χ0v) is 9.18. The number of methoxy groups -OCH3 is 1. The quantitative estimate of drug-likeness (QED) is 0.709. The summed E-state index contributed by atoms with van der Waals surface area (Å²) in [6.45, 7) is 5.42. The Morgan fingerprint density at radius 3 is 2.69 bits per heavy atom. The van der Waals surface area contributed by atoms with Gasteiger partial charge in [-0.2, -0.15) is 0 Å². The SMILES string of the molecule is CCC(COC)NC1CCCC1C. The molecule has 0 aliphatic heterocycles. The van der Waals surface area contributed by atoms with E-state index in [1.807, 2.05) is 0 Å². The molecule has 2 heteroatoms. The van der Waals surface area contributed by atoms with Crippen LogP contribution in [-0.4, -0.2) is 25.8 Å². The normalized spacial score (nSPS) is 30.7. The van der Waals surface area contributed by atoms with Gasteiger partial charge in [0.15, 0.2) is 0 Å². The van der Waals surface area contributed by atoms with E-state index in [9.17, 15) is 0 Å². The number of nitrogens with one attached hydrogen (secondary N) is 1. The number of hydrogen-bond acceptors (Lipinski definition) is 2. The predicted octanol–water partition coefficient (Wildman–Crippen LogP) is 2.19. The molecule has 0 saturated heterocycles. The number of hydrogen-bond donors (Lipinski definition) is 1. The van der Waals surface area contributed by atoms with Crippen molar-refractivity contribution in [3.8, 4) is 0 Å². The first-order valence-electron chi connectivity index (χ1n) is 5.53. The molecule has 0 heterocycles. The van der Waals surface area contributed by atoms with E-state index in [0.29, 0.717) is 6.04 Å². The van der Waals surface area contributed by atoms with Crippen molar-refractivity contribution < 1.29 is 4.74 Å². The van der Waals surface area contributed by atoms with Gasteiger partial charge in [0.2, 0.25) is 0 Å². The smallest absolute Gasteiger partial charge is 0.0615 e. The van der Waals surface area contributed by atoms with Crippen LogP contribution in [0.2, 0.25) is 0 Å². The van der Waals surface area contributed by atoms with E-state index >= 15 is 0 Å². The summed E-state index contributed by atoms with van der Waals surface area (Å²) in [4.78, 5) is 0. The molecule has 0 aromatic heterocycles. The Hall–Kier alpha value is -0.0800. The third-order valence-corrected chi connectivity index (χ3v) is 3.17. The average molecular weight is 185 g/mol. The number of rotatable bonds is 5. The lowest BCUT2D eigenvalue weighted by atomic mass is 10.0. The van der Waals surface area contributed by atoms with Crippen LogP contribution in [0.5, 0.6) is 0 Å². The molecule has 0 bridgehead atoms. The summed E-state index contributed by atoms with van der Waals surface area (Å²) in [5, 5.41) is 3.69. The molecule has 78 valence electrons. The molecule has 1 N–H and O–H groups in total. The molecule has 3 atom stereocenters. The van der Waals surface area contributed by atoms with Crippen molar-refractivity contribution in [3.63, 3.8) is 0 Å². The molecule has 1 aliphatic carbocycles. The van der Waals surface area contributed by atoms with E-state index in [4.69, 9.17) is 4.74 Å². The minimum Gasteiger partial charge on any atom is -0.383 e. The van der Waals surface area contributed by atoms with Crippen molar-refractivity contribution in [1.82, 2.24) is 5.32 Å². The van der Waals surface area contributed by atoms with E-state index in [-0.39, 0.29) is 0 Å². The third-order valence-electron chi connectivity index (χ3n) is 3.17. The highest BCUT2D eigenvalue weighted by atomic mass is 16.5. The monoisotopic (exact) mass is 185 g/mol. The van der Waals surface area contributed by atoms with Crippen molar-refractivity contribution in [2.45, 2.75) is 51.6 Å². The van der Waals surface area contributed by atoms with Gasteiger partial charge in [-0.1, -0.05) is 20.3 Å². The van der Waals surface area contributed by atoms with Gasteiger partial charge in [0, 0.05) is 19.2 Å². The van der Waals surface area contributed by atoms with Crippen LogP contribution in [0.15, 0.2) is 0 Å². The maximum atomic E-state index is 5.18. The Bertz CT molecular complexity index is 138. The van der Waals surface area contributed by atoms with Crippen LogP contribution in [0.1, 0.15) is 39.5 Å². The molecule has 3 unspecified atom stereocenters. The van der Waals surface area contributed by atoms with Gasteiger partial charge in [0.1, 0.15) is 0 Å². The van der Waals surface area contributed by atoms with E-state index in [0.717, 1.165) is 25.0 Å². The zero-order valence-electron chi connectivity index (χ0n) is 9.18. The summed E-state index contributed by atoms with van der Waals surface area (Å²) in [5.74, 6) is 0.853. The Morgan fingerprint density at radius 1 is 1.46 bits per heavy atom. The molecule has 1 rings (SSSR count). The van der Waals surface area contributed by atoms with Crippen molar-refractivity contribution in [3.05, 3.63) is 0 Å². The highest BCUT2D eigenvalue weighted by Gasteiger charge is 2.24. The van der Waals surface area contributed by atoms with Crippen molar-refractivity contribution in [1.29, 1.82) is 0 Å². The molecule has 1 fully saturated rings. The fourth-order valence-corrected chi connectivity index (χ4v) is 2.18. The van der Waals surface area contributed by atoms with E-state index < -0.39 is 0 Å². The highest BCUT2D eigenvalue weighted by molar-refractivity contribution is 4.82. The van der Waals surface area contributed by atoms with Crippen LogP contribution >= 0.6 is 0 Å². The molecular formula is C11H23NO. The first-order valence-corrected chi connectivity index (χ1v) is 5.53. The lowest BCUT2D eigenvalue weighted by Crippen LogP contribution is -2.41. The minimum atomic E-state index is 0.551. The predicted molar refractivity (Wildman–Crippen MR) is 55.9 cm³/mol. The second kappa shape index (κ2) is 5.61. The average Bonchev–Trinajstić information content (AvgIpc) is 2.51. The van der Waals surface area contributed by atoms with Gasteiger partial charge in [-0.05, 0) is 25.2 Å². The van der Waals surface area contributed by atoms with Crippen LogP contribution in [0.4, 0.5) is 0 Å². The molecule has 0 amide bonds. The second-order valence-electron chi connectivity index (χ2n) is 4.24. The van der Waals surface area contributed by atoms with Crippen molar-refractivity contribution >= 4 is 0 Å². The molecule has 13 heavy (non-hydrogen) atoms. The topological polar surface area (TPSA) is 21.3 Å². The van der Waals surface area contributed by atoms with Gasteiger partial charge in [-0.25, -0.2) is 0 Å². The van der Waals surface area contributed by atoms with Gasteiger partial charge >= 0.3 is 0 Å². The fraction of sp³-hybridized carbons (Fsp3) is 1.00. The molecule has 0 aromatic carbocycles. The van der Waals surface area contributed by atoms with E-state index in [1.54, 1.807) is 7.11 Å². The van der Waals surface area contributed by atoms with Crippen LogP contribution < -0.4 is 5.32 Å². The van der Waals surface area contributed by atoms with Gasteiger partial charge in [0.05, 0.1) is 6.61 Å². The Morgan fingerprint density at radius 2 is 2.23 bits per heavy atom. The van der Waals surface area contributed by atoms with Crippen LogP contribution in [0.25, 0.3) is 0 Å². The van der Waals surface area contributed by atoms with E-state index in [1.165, 1.54) is 19.3 Å². The highest BCUT2D eigenvalue weighted by Crippen LogP contribution is 2.25. The molecular weight excluding hydrogens is 162 g/mol. The summed E-state index contributed by atoms with van der Waals surface area (Å²) in [7, 11) is 1.78. The first-order chi connectivity index (χ1) is 6.27. The van der Waals surface area contributed by atoms with Crippen LogP contribution in [0, 0.1) is 5.92 Å². The second-order valence-corrected chi connectivity index (χ2v) is 4.24. The fourth-order valence-electron chi connectivity index (χ4n) is 2.18. The molecule has 2 nitrogen and oxygen atoms in total. The maximum Gasteiger partial charge on any atom is 0.0615 e. The standard InChI is InChI=1S/C11H23NO/c1-4-10(8-13-3)12-11-7-5-6-9(11)2/h9-12H,4-8H2,1-3H3. The summed E-state index contributed by atoms with van der Waals surface area (Å²) in [5.41, 5.74) is 0. The summed E-state index contributed by atoms with van der Waals surface area (Å²) < 4.78 is 5.18. The van der Waals surface area contributed by atoms with E-state index in [2.05, 4.69) is 19.2 Å². The van der Waals surface area contributed by atoms with Gasteiger partial charge in [0.25, 0.3) is 0 Å². The molecule has 1 aliphatic rings. The molecule has 0 radical (unpaired) electrons. The molecule has 0 aromatic rings. The lowest BCUT2D eigenvalue weighted by molar-refractivity contribution is 0.155.